The average molecular weight is 274 g/mol. The first-order valence-electron chi connectivity index (χ1n) is 7.06. The van der Waals surface area contributed by atoms with Crippen LogP contribution in [0.25, 0.3) is 11.5 Å². The fourth-order valence-corrected chi connectivity index (χ4v) is 2.03. The molecule has 108 valence electrons. The van der Waals surface area contributed by atoms with Crippen molar-refractivity contribution in [1.29, 1.82) is 0 Å². The van der Waals surface area contributed by atoms with Crippen LogP contribution in [0.2, 0.25) is 0 Å². The summed E-state index contributed by atoms with van der Waals surface area (Å²) >= 11 is 0. The molecule has 2 rings (SSSR count). The number of nitrogens with one attached hydrogen (secondary N) is 1. The highest BCUT2D eigenvalue weighted by Gasteiger charge is 2.12. The molecule has 0 aromatic carbocycles. The van der Waals surface area contributed by atoms with Crippen molar-refractivity contribution in [3.63, 3.8) is 0 Å². The second-order valence-corrected chi connectivity index (χ2v) is 5.40. The van der Waals surface area contributed by atoms with E-state index in [4.69, 9.17) is 4.52 Å². The largest absolute Gasteiger partial charge is 0.339 e. The van der Waals surface area contributed by atoms with Crippen LogP contribution < -0.4 is 5.32 Å². The molecule has 0 saturated heterocycles. The Kier molecular flexibility index (Phi) is 4.84. The number of nitrogens with zero attached hydrogens (tertiary/aromatic N) is 3. The number of hydrogen-bond donors (Lipinski definition) is 1. The van der Waals surface area contributed by atoms with Gasteiger partial charge in [0.25, 0.3) is 0 Å². The van der Waals surface area contributed by atoms with Crippen LogP contribution >= 0.6 is 0 Å². The van der Waals surface area contributed by atoms with Gasteiger partial charge in [-0.05, 0) is 37.9 Å². The summed E-state index contributed by atoms with van der Waals surface area (Å²) in [4.78, 5) is 8.80. The van der Waals surface area contributed by atoms with Crippen LogP contribution in [-0.2, 0) is 6.42 Å². The Labute approximate surface area is 119 Å². The molecule has 1 N–H and O–H groups in total. The van der Waals surface area contributed by atoms with E-state index in [0.717, 1.165) is 36.2 Å². The van der Waals surface area contributed by atoms with E-state index >= 15 is 0 Å². The van der Waals surface area contributed by atoms with Gasteiger partial charge < -0.3 is 9.84 Å². The molecule has 5 nitrogen and oxygen atoms in total. The van der Waals surface area contributed by atoms with Crippen LogP contribution in [0.3, 0.4) is 0 Å². The summed E-state index contributed by atoms with van der Waals surface area (Å²) < 4.78 is 5.28. The van der Waals surface area contributed by atoms with Crippen LogP contribution in [0.4, 0.5) is 0 Å². The molecule has 0 spiro atoms. The highest BCUT2D eigenvalue weighted by molar-refractivity contribution is 5.53. The maximum atomic E-state index is 5.28. The highest BCUT2D eigenvalue weighted by Crippen LogP contribution is 2.18. The van der Waals surface area contributed by atoms with Crippen molar-refractivity contribution in [1.82, 2.24) is 20.4 Å². The molecular weight excluding hydrogens is 252 g/mol. The molecule has 2 aromatic rings. The zero-order valence-electron chi connectivity index (χ0n) is 12.6. The van der Waals surface area contributed by atoms with E-state index in [9.17, 15) is 0 Å². The molecule has 0 amide bonds. The van der Waals surface area contributed by atoms with Gasteiger partial charge in [0.15, 0.2) is 0 Å². The lowest BCUT2D eigenvalue weighted by atomic mass is 10.1. The third-order valence-corrected chi connectivity index (χ3v) is 3.01. The van der Waals surface area contributed by atoms with Gasteiger partial charge in [0.05, 0.1) is 0 Å². The van der Waals surface area contributed by atoms with Gasteiger partial charge in [-0.3, -0.25) is 4.98 Å². The minimum atomic E-state index is 0.507. The number of rotatable bonds is 6. The monoisotopic (exact) mass is 274 g/mol. The fraction of sp³-hybridized carbons (Fsp3) is 0.533. The molecule has 5 heteroatoms. The molecule has 0 aliphatic heterocycles. The Bertz CT molecular complexity index is 563. The molecule has 20 heavy (non-hydrogen) atoms. The Morgan fingerprint density at radius 1 is 1.30 bits per heavy atom. The van der Waals surface area contributed by atoms with Gasteiger partial charge in [0, 0.05) is 18.7 Å². The van der Waals surface area contributed by atoms with Crippen LogP contribution in [0, 0.1) is 13.8 Å². The average Bonchev–Trinajstić information content (AvgIpc) is 2.83. The Hall–Kier alpha value is -1.75. The van der Waals surface area contributed by atoms with Gasteiger partial charge in [-0.25, -0.2) is 0 Å². The van der Waals surface area contributed by atoms with E-state index < -0.39 is 0 Å². The highest BCUT2D eigenvalue weighted by atomic mass is 16.5. The second-order valence-electron chi connectivity index (χ2n) is 5.40. The summed E-state index contributed by atoms with van der Waals surface area (Å²) in [6, 6.07) is 2.58. The van der Waals surface area contributed by atoms with Gasteiger partial charge in [-0.15, -0.1) is 0 Å². The minimum absolute atomic E-state index is 0.507. The first-order chi connectivity index (χ1) is 9.56. The van der Waals surface area contributed by atoms with Gasteiger partial charge >= 0.3 is 0 Å². The van der Waals surface area contributed by atoms with Crippen molar-refractivity contribution in [2.45, 2.75) is 46.6 Å². The SMILES string of the molecule is Cc1cnc(-c2noc(CCCNC(C)C)n2)c(C)c1. The molecule has 0 aliphatic carbocycles. The number of hydrogen-bond acceptors (Lipinski definition) is 5. The van der Waals surface area contributed by atoms with Crippen molar-refractivity contribution in [3.8, 4) is 11.5 Å². The Morgan fingerprint density at radius 2 is 2.10 bits per heavy atom. The van der Waals surface area contributed by atoms with Crippen molar-refractivity contribution in [3.05, 3.63) is 29.3 Å². The van der Waals surface area contributed by atoms with Gasteiger partial charge in [-0.1, -0.05) is 25.1 Å². The Balaban J connectivity index is 1.98. The van der Waals surface area contributed by atoms with E-state index in [1.54, 1.807) is 0 Å². The smallest absolute Gasteiger partial charge is 0.227 e. The molecule has 2 heterocycles. The van der Waals surface area contributed by atoms with Crippen LogP contribution in [0.5, 0.6) is 0 Å². The van der Waals surface area contributed by atoms with Crippen LogP contribution in [0.15, 0.2) is 16.8 Å². The van der Waals surface area contributed by atoms with Crippen LogP contribution in [-0.4, -0.2) is 27.7 Å². The van der Waals surface area contributed by atoms with Crippen molar-refractivity contribution >= 4 is 0 Å². The van der Waals surface area contributed by atoms with Crippen LogP contribution in [0.1, 0.15) is 37.3 Å². The standard InChI is InChI=1S/C15H22N4O/c1-10(2)16-7-5-6-13-18-15(19-20-13)14-12(4)8-11(3)9-17-14/h8-10,16H,5-7H2,1-4H3. The number of aryl methyl sites for hydroxylation is 3. The Morgan fingerprint density at radius 3 is 2.80 bits per heavy atom. The summed E-state index contributed by atoms with van der Waals surface area (Å²) in [6.07, 6.45) is 3.60. The second kappa shape index (κ2) is 6.61. The van der Waals surface area contributed by atoms with Gasteiger partial charge in [-0.2, -0.15) is 4.98 Å². The molecule has 0 fully saturated rings. The first-order valence-corrected chi connectivity index (χ1v) is 7.06. The van der Waals surface area contributed by atoms with Crippen molar-refractivity contribution in [2.24, 2.45) is 0 Å². The normalized spacial score (nSPS) is 11.2. The molecule has 0 unspecified atom stereocenters. The van der Waals surface area contributed by atoms with E-state index in [2.05, 4.69) is 40.4 Å². The molecular formula is C15H22N4O. The lowest BCUT2D eigenvalue weighted by Crippen LogP contribution is -2.23. The molecule has 0 saturated carbocycles. The van der Waals surface area contributed by atoms with E-state index in [1.807, 2.05) is 20.0 Å². The lowest BCUT2D eigenvalue weighted by Gasteiger charge is -2.05. The summed E-state index contributed by atoms with van der Waals surface area (Å²) in [5.41, 5.74) is 3.00. The third kappa shape index (κ3) is 3.87. The predicted octanol–water partition coefficient (Wildman–Crippen LogP) is 2.68. The molecule has 2 aromatic heterocycles. The molecule has 0 aliphatic rings. The molecule has 0 bridgehead atoms. The zero-order valence-corrected chi connectivity index (χ0v) is 12.6. The minimum Gasteiger partial charge on any atom is -0.339 e. The number of aromatic nitrogens is 3. The van der Waals surface area contributed by atoms with Gasteiger partial charge in [0.2, 0.25) is 11.7 Å². The maximum Gasteiger partial charge on any atom is 0.227 e. The lowest BCUT2D eigenvalue weighted by molar-refractivity contribution is 0.374. The quantitative estimate of drug-likeness (QED) is 0.820. The number of pyridine rings is 1. The van der Waals surface area contributed by atoms with E-state index in [1.165, 1.54) is 0 Å². The summed E-state index contributed by atoms with van der Waals surface area (Å²) in [5, 5.41) is 7.39. The van der Waals surface area contributed by atoms with Crippen molar-refractivity contribution in [2.75, 3.05) is 6.54 Å². The molecule has 0 atom stereocenters. The topological polar surface area (TPSA) is 63.8 Å². The summed E-state index contributed by atoms with van der Waals surface area (Å²) in [5.74, 6) is 1.25. The fourth-order valence-electron chi connectivity index (χ4n) is 2.03. The zero-order chi connectivity index (χ0) is 14.5. The van der Waals surface area contributed by atoms with Gasteiger partial charge in [0.1, 0.15) is 5.69 Å². The molecule has 0 radical (unpaired) electrons. The summed E-state index contributed by atoms with van der Waals surface area (Å²) in [7, 11) is 0. The van der Waals surface area contributed by atoms with Crippen molar-refractivity contribution < 1.29 is 4.52 Å². The predicted molar refractivity (Wildman–Crippen MR) is 78.5 cm³/mol. The first kappa shape index (κ1) is 14.7. The summed E-state index contributed by atoms with van der Waals surface area (Å²) in [6.45, 7) is 9.26. The van der Waals surface area contributed by atoms with E-state index in [-0.39, 0.29) is 0 Å². The maximum absolute atomic E-state index is 5.28. The third-order valence-electron chi connectivity index (χ3n) is 3.01. The van der Waals surface area contributed by atoms with E-state index in [0.29, 0.717) is 17.8 Å².